The molecule has 182 valence electrons. The van der Waals surface area contributed by atoms with E-state index in [2.05, 4.69) is 48.6 Å². The molecule has 0 saturated heterocycles. The number of aromatic nitrogens is 2. The van der Waals surface area contributed by atoms with Gasteiger partial charge in [-0.05, 0) is 93.8 Å². The Kier molecular flexibility index (Phi) is 8.16. The van der Waals surface area contributed by atoms with Crippen LogP contribution in [-0.4, -0.2) is 48.9 Å². The lowest BCUT2D eigenvalue weighted by atomic mass is 9.86. The molecule has 9 heteroatoms. The molecular formula is C25H31Br2N5O2. The van der Waals surface area contributed by atoms with Gasteiger partial charge in [0.2, 0.25) is 5.95 Å². The van der Waals surface area contributed by atoms with Gasteiger partial charge in [0.25, 0.3) is 0 Å². The van der Waals surface area contributed by atoms with Gasteiger partial charge in [0.05, 0.1) is 17.1 Å². The molecular weight excluding hydrogens is 562 g/mol. The lowest BCUT2D eigenvalue weighted by molar-refractivity contribution is 0.323. The zero-order chi connectivity index (χ0) is 24.2. The van der Waals surface area contributed by atoms with Gasteiger partial charge in [0.15, 0.2) is 11.5 Å². The Hall–Kier alpha value is -2.10. The molecule has 0 amide bonds. The van der Waals surface area contributed by atoms with Crippen LogP contribution in [0, 0.1) is 5.92 Å². The maximum absolute atomic E-state index is 10.1. The minimum Gasteiger partial charge on any atom is -0.503 e. The molecule has 34 heavy (non-hydrogen) atoms. The van der Waals surface area contributed by atoms with Crippen LogP contribution in [0.5, 0.6) is 11.5 Å². The predicted molar refractivity (Wildman–Crippen MR) is 145 cm³/mol. The van der Waals surface area contributed by atoms with Crippen molar-refractivity contribution in [2.75, 3.05) is 38.0 Å². The van der Waals surface area contributed by atoms with E-state index in [4.69, 9.17) is 14.7 Å². The number of phenols is 1. The van der Waals surface area contributed by atoms with Gasteiger partial charge in [-0.2, -0.15) is 4.98 Å². The Morgan fingerprint density at radius 3 is 2.53 bits per heavy atom. The highest BCUT2D eigenvalue weighted by Gasteiger charge is 2.22. The molecule has 0 spiro atoms. The van der Waals surface area contributed by atoms with E-state index in [0.717, 1.165) is 59.0 Å². The van der Waals surface area contributed by atoms with E-state index in [0.29, 0.717) is 34.7 Å². The maximum Gasteiger partial charge on any atom is 0.225 e. The standard InChI is InChI=1S/C25H31Br2N5O2/c1-32(2)24-18-6-4-5-7-19(18)30-25(31-24)29-17-10-8-15(9-11-17)13-28-14-16-12-20(34-3)23(33)22(27)21(16)26/h4-7,12,15,17,28,33H,8-11,13-14H2,1-3H3,(H,29,30,31). The van der Waals surface area contributed by atoms with Gasteiger partial charge >= 0.3 is 0 Å². The van der Waals surface area contributed by atoms with Crippen molar-refractivity contribution in [1.29, 1.82) is 0 Å². The fourth-order valence-corrected chi connectivity index (χ4v) is 5.39. The number of rotatable bonds is 8. The Morgan fingerprint density at radius 1 is 1.09 bits per heavy atom. The molecule has 1 aliphatic rings. The second kappa shape index (κ2) is 11.1. The highest BCUT2D eigenvalue weighted by atomic mass is 79.9. The molecule has 0 bridgehead atoms. The number of methoxy groups -OCH3 is 1. The third kappa shape index (κ3) is 5.58. The molecule has 7 nitrogen and oxygen atoms in total. The number of ether oxygens (including phenoxy) is 1. The molecule has 3 aromatic rings. The number of hydrogen-bond acceptors (Lipinski definition) is 7. The number of anilines is 2. The lowest BCUT2D eigenvalue weighted by Crippen LogP contribution is -2.31. The van der Waals surface area contributed by atoms with Crippen LogP contribution in [0.3, 0.4) is 0 Å². The van der Waals surface area contributed by atoms with Crippen LogP contribution in [0.4, 0.5) is 11.8 Å². The number of aromatic hydroxyl groups is 1. The van der Waals surface area contributed by atoms with Gasteiger partial charge in [0.1, 0.15) is 5.82 Å². The van der Waals surface area contributed by atoms with Crippen LogP contribution in [0.25, 0.3) is 10.9 Å². The van der Waals surface area contributed by atoms with Crippen LogP contribution in [0.1, 0.15) is 31.2 Å². The summed E-state index contributed by atoms with van der Waals surface area (Å²) < 4.78 is 6.73. The molecule has 0 radical (unpaired) electrons. The fraction of sp³-hybridized carbons (Fsp3) is 0.440. The van der Waals surface area contributed by atoms with Crippen molar-refractivity contribution in [2.24, 2.45) is 5.92 Å². The van der Waals surface area contributed by atoms with E-state index < -0.39 is 0 Å². The summed E-state index contributed by atoms with van der Waals surface area (Å²) in [5.41, 5.74) is 2.01. The summed E-state index contributed by atoms with van der Waals surface area (Å²) >= 11 is 6.99. The number of fused-ring (bicyclic) bond motifs is 1. The summed E-state index contributed by atoms with van der Waals surface area (Å²) in [6, 6.07) is 10.4. The van der Waals surface area contributed by atoms with Crippen molar-refractivity contribution in [1.82, 2.24) is 15.3 Å². The molecule has 1 aromatic heterocycles. The van der Waals surface area contributed by atoms with E-state index >= 15 is 0 Å². The first kappa shape index (κ1) is 25.0. The van der Waals surface area contributed by atoms with E-state index in [9.17, 15) is 5.11 Å². The average molecular weight is 593 g/mol. The fourth-order valence-electron chi connectivity index (χ4n) is 4.50. The van der Waals surface area contributed by atoms with Crippen molar-refractivity contribution < 1.29 is 9.84 Å². The zero-order valence-electron chi connectivity index (χ0n) is 19.7. The monoisotopic (exact) mass is 591 g/mol. The minimum absolute atomic E-state index is 0.108. The van der Waals surface area contributed by atoms with Crippen LogP contribution in [0.2, 0.25) is 0 Å². The highest BCUT2D eigenvalue weighted by Crippen LogP contribution is 2.41. The first-order valence-electron chi connectivity index (χ1n) is 11.5. The second-order valence-corrected chi connectivity index (χ2v) is 10.6. The van der Waals surface area contributed by atoms with Gasteiger partial charge in [-0.25, -0.2) is 4.98 Å². The Bertz CT molecular complexity index is 1150. The summed E-state index contributed by atoms with van der Waals surface area (Å²) in [4.78, 5) is 11.6. The molecule has 3 N–H and O–H groups in total. The number of nitrogens with zero attached hydrogens (tertiary/aromatic N) is 3. The molecule has 4 rings (SSSR count). The van der Waals surface area contributed by atoms with Crippen molar-refractivity contribution >= 4 is 54.5 Å². The van der Waals surface area contributed by atoms with Crippen molar-refractivity contribution in [3.8, 4) is 11.5 Å². The summed E-state index contributed by atoms with van der Waals surface area (Å²) in [6.45, 7) is 1.66. The predicted octanol–water partition coefficient (Wildman–Crippen LogP) is 5.70. The largest absolute Gasteiger partial charge is 0.503 e. The topological polar surface area (TPSA) is 82.5 Å². The van der Waals surface area contributed by atoms with Crippen molar-refractivity contribution in [2.45, 2.75) is 38.3 Å². The van der Waals surface area contributed by atoms with Crippen LogP contribution in [0.15, 0.2) is 39.3 Å². The summed E-state index contributed by atoms with van der Waals surface area (Å²) in [6.07, 6.45) is 4.51. The molecule has 0 aliphatic heterocycles. The van der Waals surface area contributed by atoms with E-state index in [-0.39, 0.29) is 5.75 Å². The maximum atomic E-state index is 10.1. The first-order valence-corrected chi connectivity index (χ1v) is 13.1. The average Bonchev–Trinajstić information content (AvgIpc) is 2.84. The minimum atomic E-state index is 0.108. The smallest absolute Gasteiger partial charge is 0.225 e. The Labute approximate surface area is 217 Å². The van der Waals surface area contributed by atoms with Gasteiger partial charge in [-0.3, -0.25) is 0 Å². The normalized spacial score (nSPS) is 18.1. The summed E-state index contributed by atoms with van der Waals surface area (Å²) in [5.74, 6) is 2.85. The van der Waals surface area contributed by atoms with Crippen molar-refractivity contribution in [3.63, 3.8) is 0 Å². The summed E-state index contributed by atoms with van der Waals surface area (Å²) in [5, 5.41) is 18.3. The number of halogens is 2. The lowest BCUT2D eigenvalue weighted by Gasteiger charge is -2.29. The SMILES string of the molecule is COc1cc(CNCC2CCC(Nc3nc(N(C)C)c4ccccc4n3)CC2)c(Br)c(Br)c1O. The molecule has 1 aliphatic carbocycles. The molecule has 2 aromatic carbocycles. The Morgan fingerprint density at radius 2 is 1.82 bits per heavy atom. The summed E-state index contributed by atoms with van der Waals surface area (Å²) in [7, 11) is 5.59. The zero-order valence-corrected chi connectivity index (χ0v) is 22.9. The molecule has 0 atom stereocenters. The number of benzene rings is 2. The number of phenolic OH excluding ortho intramolecular Hbond substituents is 1. The van der Waals surface area contributed by atoms with E-state index in [1.807, 2.05) is 43.3 Å². The Balaban J connectivity index is 1.30. The quantitative estimate of drug-likeness (QED) is 0.310. The van der Waals surface area contributed by atoms with Gasteiger partial charge in [-0.1, -0.05) is 12.1 Å². The third-order valence-electron chi connectivity index (χ3n) is 6.38. The second-order valence-electron chi connectivity index (χ2n) is 8.99. The number of para-hydroxylation sites is 1. The van der Waals surface area contributed by atoms with Crippen LogP contribution in [-0.2, 0) is 6.54 Å². The van der Waals surface area contributed by atoms with Gasteiger partial charge < -0.3 is 25.4 Å². The van der Waals surface area contributed by atoms with Crippen LogP contribution < -0.4 is 20.3 Å². The van der Waals surface area contributed by atoms with E-state index in [1.165, 1.54) is 0 Å². The molecule has 1 saturated carbocycles. The molecule has 0 unspecified atom stereocenters. The van der Waals surface area contributed by atoms with Crippen molar-refractivity contribution in [3.05, 3.63) is 44.8 Å². The molecule has 1 heterocycles. The number of nitrogens with one attached hydrogen (secondary N) is 2. The van der Waals surface area contributed by atoms with E-state index in [1.54, 1.807) is 7.11 Å². The third-order valence-corrected chi connectivity index (χ3v) is 8.59. The molecule has 1 fully saturated rings. The van der Waals surface area contributed by atoms with Gasteiger partial charge in [0, 0.05) is 36.5 Å². The highest BCUT2D eigenvalue weighted by molar-refractivity contribution is 9.13. The van der Waals surface area contributed by atoms with Crippen LogP contribution >= 0.6 is 31.9 Å². The number of hydrogen-bond donors (Lipinski definition) is 3. The van der Waals surface area contributed by atoms with Gasteiger partial charge in [-0.15, -0.1) is 0 Å². The first-order chi connectivity index (χ1) is 16.4.